The molecule has 0 aliphatic rings. The molecular weight excluding hydrogens is 232 g/mol. The van der Waals surface area contributed by atoms with Crippen molar-refractivity contribution in [3.63, 3.8) is 0 Å². The summed E-state index contributed by atoms with van der Waals surface area (Å²) >= 11 is 1.76. The van der Waals surface area contributed by atoms with Crippen LogP contribution in [0.25, 0.3) is 0 Å². The number of nitrogens with one attached hydrogen (secondary N) is 1. The minimum atomic E-state index is 0.365. The predicted molar refractivity (Wildman–Crippen MR) is 73.5 cm³/mol. The molecule has 98 valence electrons. The fourth-order valence-electron chi connectivity index (χ4n) is 1.99. The number of hydrogen-bond acceptors (Lipinski definition) is 4. The first-order valence-corrected chi connectivity index (χ1v) is 7.21. The summed E-state index contributed by atoms with van der Waals surface area (Å²) < 4.78 is 5.09. The zero-order chi connectivity index (χ0) is 12.7. The maximum absolute atomic E-state index is 5.09. The standard InChI is InChI=1S/C13H24N2OS/c1-5-6-10(2)12(14-7-8-16-4)13-15-11(3)9-17-13/h9-10,12,14H,5-8H2,1-4H3. The zero-order valence-electron chi connectivity index (χ0n) is 11.3. The van der Waals surface area contributed by atoms with Crippen LogP contribution in [-0.2, 0) is 4.74 Å². The molecule has 0 aromatic carbocycles. The highest BCUT2D eigenvalue weighted by Gasteiger charge is 2.20. The fourth-order valence-corrected chi connectivity index (χ4v) is 2.99. The zero-order valence-corrected chi connectivity index (χ0v) is 12.1. The van der Waals surface area contributed by atoms with E-state index in [-0.39, 0.29) is 0 Å². The van der Waals surface area contributed by atoms with E-state index in [0.717, 1.165) is 18.8 Å². The number of aryl methyl sites for hydroxylation is 1. The van der Waals surface area contributed by atoms with Crippen LogP contribution in [0.1, 0.15) is 43.4 Å². The normalized spacial score (nSPS) is 14.8. The molecule has 0 saturated heterocycles. The summed E-state index contributed by atoms with van der Waals surface area (Å²) in [5.74, 6) is 0.613. The highest BCUT2D eigenvalue weighted by atomic mass is 32.1. The molecule has 0 spiro atoms. The summed E-state index contributed by atoms with van der Waals surface area (Å²) in [4.78, 5) is 4.61. The summed E-state index contributed by atoms with van der Waals surface area (Å²) in [6, 6.07) is 0.365. The van der Waals surface area contributed by atoms with E-state index in [1.807, 2.05) is 0 Å². The predicted octanol–water partition coefficient (Wildman–Crippen LogP) is 3.16. The van der Waals surface area contributed by atoms with E-state index in [2.05, 4.69) is 36.5 Å². The van der Waals surface area contributed by atoms with Gasteiger partial charge in [-0.3, -0.25) is 0 Å². The summed E-state index contributed by atoms with van der Waals surface area (Å²) in [5.41, 5.74) is 1.12. The van der Waals surface area contributed by atoms with Crippen LogP contribution >= 0.6 is 11.3 Å². The van der Waals surface area contributed by atoms with Gasteiger partial charge in [-0.25, -0.2) is 4.98 Å². The van der Waals surface area contributed by atoms with E-state index in [0.29, 0.717) is 12.0 Å². The van der Waals surface area contributed by atoms with E-state index in [4.69, 9.17) is 4.74 Å². The lowest BCUT2D eigenvalue weighted by Gasteiger charge is -2.23. The van der Waals surface area contributed by atoms with Gasteiger partial charge in [0, 0.05) is 24.7 Å². The Balaban J connectivity index is 2.64. The molecule has 1 N–H and O–H groups in total. The largest absolute Gasteiger partial charge is 0.383 e. The molecule has 0 amide bonds. The first kappa shape index (κ1) is 14.6. The van der Waals surface area contributed by atoms with Crippen molar-refractivity contribution in [3.05, 3.63) is 16.1 Å². The summed E-state index contributed by atoms with van der Waals surface area (Å²) in [5, 5.41) is 6.89. The molecular formula is C13H24N2OS. The van der Waals surface area contributed by atoms with Gasteiger partial charge in [0.2, 0.25) is 0 Å². The lowest BCUT2D eigenvalue weighted by Crippen LogP contribution is -2.29. The van der Waals surface area contributed by atoms with Gasteiger partial charge in [-0.1, -0.05) is 20.3 Å². The van der Waals surface area contributed by atoms with Gasteiger partial charge in [-0.05, 0) is 19.3 Å². The van der Waals surface area contributed by atoms with Crippen molar-refractivity contribution in [1.82, 2.24) is 10.3 Å². The number of ether oxygens (including phenoxy) is 1. The lowest BCUT2D eigenvalue weighted by molar-refractivity contribution is 0.190. The number of hydrogen-bond donors (Lipinski definition) is 1. The van der Waals surface area contributed by atoms with Crippen molar-refractivity contribution < 1.29 is 4.74 Å². The molecule has 0 radical (unpaired) electrons. The van der Waals surface area contributed by atoms with E-state index < -0.39 is 0 Å². The molecule has 0 bridgehead atoms. The number of methoxy groups -OCH3 is 1. The number of nitrogens with zero attached hydrogens (tertiary/aromatic N) is 1. The molecule has 1 heterocycles. The highest BCUT2D eigenvalue weighted by molar-refractivity contribution is 7.09. The molecule has 0 aliphatic carbocycles. The quantitative estimate of drug-likeness (QED) is 0.725. The molecule has 2 atom stereocenters. The summed E-state index contributed by atoms with van der Waals surface area (Å²) in [6.45, 7) is 8.21. The Hall–Kier alpha value is -0.450. The Labute approximate surface area is 109 Å². The van der Waals surface area contributed by atoms with Crippen LogP contribution in [0, 0.1) is 12.8 Å². The topological polar surface area (TPSA) is 34.1 Å². The van der Waals surface area contributed by atoms with Crippen LogP contribution in [0.2, 0.25) is 0 Å². The van der Waals surface area contributed by atoms with Crippen LogP contribution in [0.4, 0.5) is 0 Å². The smallest absolute Gasteiger partial charge is 0.110 e. The van der Waals surface area contributed by atoms with Gasteiger partial charge in [0.1, 0.15) is 5.01 Å². The second kappa shape index (κ2) is 7.80. The Morgan fingerprint density at radius 3 is 2.82 bits per heavy atom. The van der Waals surface area contributed by atoms with E-state index in [1.165, 1.54) is 17.8 Å². The number of rotatable bonds is 8. The molecule has 1 aromatic rings. The SMILES string of the molecule is CCCC(C)C(NCCOC)c1nc(C)cs1. The maximum atomic E-state index is 5.09. The molecule has 4 heteroatoms. The summed E-state index contributed by atoms with van der Waals surface area (Å²) in [6.07, 6.45) is 2.44. The fraction of sp³-hybridized carbons (Fsp3) is 0.769. The Morgan fingerprint density at radius 2 is 2.29 bits per heavy atom. The van der Waals surface area contributed by atoms with E-state index in [1.54, 1.807) is 18.4 Å². The van der Waals surface area contributed by atoms with Crippen molar-refractivity contribution in [3.8, 4) is 0 Å². The van der Waals surface area contributed by atoms with Crippen molar-refractivity contribution in [2.24, 2.45) is 5.92 Å². The first-order valence-electron chi connectivity index (χ1n) is 6.33. The van der Waals surface area contributed by atoms with Gasteiger partial charge in [-0.2, -0.15) is 0 Å². The van der Waals surface area contributed by atoms with Crippen LogP contribution in [0.5, 0.6) is 0 Å². The third-order valence-corrected chi connectivity index (χ3v) is 3.93. The minimum absolute atomic E-state index is 0.365. The lowest BCUT2D eigenvalue weighted by atomic mass is 9.97. The Morgan fingerprint density at radius 1 is 1.53 bits per heavy atom. The Bertz CT molecular complexity index is 314. The average Bonchev–Trinajstić information content (AvgIpc) is 2.71. The van der Waals surface area contributed by atoms with Gasteiger partial charge in [-0.15, -0.1) is 11.3 Å². The molecule has 0 aliphatic heterocycles. The molecule has 1 rings (SSSR count). The van der Waals surface area contributed by atoms with Gasteiger partial charge < -0.3 is 10.1 Å². The molecule has 2 unspecified atom stereocenters. The highest BCUT2D eigenvalue weighted by Crippen LogP contribution is 2.27. The van der Waals surface area contributed by atoms with Crippen molar-refractivity contribution in [1.29, 1.82) is 0 Å². The maximum Gasteiger partial charge on any atom is 0.110 e. The average molecular weight is 256 g/mol. The van der Waals surface area contributed by atoms with E-state index in [9.17, 15) is 0 Å². The van der Waals surface area contributed by atoms with Crippen LogP contribution in [0.15, 0.2) is 5.38 Å². The monoisotopic (exact) mass is 256 g/mol. The van der Waals surface area contributed by atoms with Crippen molar-refractivity contribution in [2.45, 2.75) is 39.7 Å². The second-order valence-electron chi connectivity index (χ2n) is 4.52. The Kier molecular flexibility index (Phi) is 6.70. The second-order valence-corrected chi connectivity index (χ2v) is 5.41. The van der Waals surface area contributed by atoms with Crippen LogP contribution < -0.4 is 5.32 Å². The van der Waals surface area contributed by atoms with Crippen LogP contribution in [-0.4, -0.2) is 25.2 Å². The van der Waals surface area contributed by atoms with E-state index >= 15 is 0 Å². The number of aromatic nitrogens is 1. The van der Waals surface area contributed by atoms with Gasteiger partial charge >= 0.3 is 0 Å². The molecule has 0 saturated carbocycles. The van der Waals surface area contributed by atoms with Gasteiger partial charge in [0.05, 0.1) is 12.6 Å². The molecule has 0 fully saturated rings. The van der Waals surface area contributed by atoms with Crippen molar-refractivity contribution in [2.75, 3.05) is 20.3 Å². The first-order chi connectivity index (χ1) is 8.19. The van der Waals surface area contributed by atoms with Crippen LogP contribution in [0.3, 0.4) is 0 Å². The molecule has 17 heavy (non-hydrogen) atoms. The third-order valence-electron chi connectivity index (χ3n) is 2.89. The molecule has 1 aromatic heterocycles. The van der Waals surface area contributed by atoms with Gasteiger partial charge in [0.15, 0.2) is 0 Å². The number of thiazole rings is 1. The minimum Gasteiger partial charge on any atom is -0.383 e. The van der Waals surface area contributed by atoms with Crippen molar-refractivity contribution >= 4 is 11.3 Å². The molecule has 3 nitrogen and oxygen atoms in total. The summed E-state index contributed by atoms with van der Waals surface area (Å²) in [7, 11) is 1.74. The third kappa shape index (κ3) is 4.74. The van der Waals surface area contributed by atoms with Gasteiger partial charge in [0.25, 0.3) is 0 Å².